The molecule has 1 unspecified atom stereocenters. The lowest BCUT2D eigenvalue weighted by Gasteiger charge is -2.29. The summed E-state index contributed by atoms with van der Waals surface area (Å²) in [5.41, 5.74) is 3.28. The maximum atomic E-state index is 4.29. The molecule has 0 radical (unpaired) electrons. The Hall–Kier alpha value is -0.450. The van der Waals surface area contributed by atoms with Crippen molar-refractivity contribution in [3.05, 3.63) is 16.1 Å². The highest BCUT2D eigenvalue weighted by Gasteiger charge is 2.15. The van der Waals surface area contributed by atoms with Crippen LogP contribution >= 0.6 is 11.3 Å². The van der Waals surface area contributed by atoms with Crippen molar-refractivity contribution in [2.75, 3.05) is 13.6 Å². The number of nitrogens with one attached hydrogen (secondary N) is 1. The molecular weight excluding hydrogens is 230 g/mol. The van der Waals surface area contributed by atoms with Gasteiger partial charge in [0, 0.05) is 29.5 Å². The molecule has 0 spiro atoms. The molecule has 98 valence electrons. The summed E-state index contributed by atoms with van der Waals surface area (Å²) in [5.74, 6) is 0. The Bertz CT molecular complexity index is 341. The topological polar surface area (TPSA) is 28.2 Å². The molecule has 3 nitrogen and oxygen atoms in total. The van der Waals surface area contributed by atoms with Crippen LogP contribution in [0.5, 0.6) is 0 Å². The van der Waals surface area contributed by atoms with Crippen molar-refractivity contribution in [3.63, 3.8) is 0 Å². The lowest BCUT2D eigenvalue weighted by Crippen LogP contribution is -2.44. The molecule has 1 N–H and O–H groups in total. The first-order valence-corrected chi connectivity index (χ1v) is 7.02. The summed E-state index contributed by atoms with van der Waals surface area (Å²) in [6.07, 6.45) is 0. The fourth-order valence-corrected chi connectivity index (χ4v) is 2.31. The van der Waals surface area contributed by atoms with Crippen molar-refractivity contribution in [2.24, 2.45) is 0 Å². The Morgan fingerprint density at radius 1 is 1.47 bits per heavy atom. The van der Waals surface area contributed by atoms with Crippen LogP contribution in [0.25, 0.3) is 0 Å². The summed E-state index contributed by atoms with van der Waals surface area (Å²) in [6, 6.07) is 0.524. The molecule has 0 saturated heterocycles. The van der Waals surface area contributed by atoms with Crippen molar-refractivity contribution >= 4 is 11.3 Å². The molecule has 0 aliphatic rings. The third-order valence-electron chi connectivity index (χ3n) is 2.92. The minimum absolute atomic E-state index is 0.190. The zero-order chi connectivity index (χ0) is 13.1. The summed E-state index contributed by atoms with van der Waals surface area (Å²) >= 11 is 1.75. The standard InChI is InChI=1S/C13H25N3S/c1-10(7-15-13(3,4)5)16(6)8-12-11(2)14-9-17-12/h9-10,15H,7-8H2,1-6H3. The highest BCUT2D eigenvalue weighted by molar-refractivity contribution is 7.09. The Labute approximate surface area is 109 Å². The van der Waals surface area contributed by atoms with E-state index in [0.29, 0.717) is 6.04 Å². The van der Waals surface area contributed by atoms with Gasteiger partial charge in [-0.05, 0) is 41.7 Å². The number of likely N-dealkylation sites (N-methyl/N-ethyl adjacent to an activating group) is 1. The van der Waals surface area contributed by atoms with Gasteiger partial charge in [-0.3, -0.25) is 4.90 Å². The van der Waals surface area contributed by atoms with Gasteiger partial charge in [0.05, 0.1) is 11.2 Å². The fourth-order valence-electron chi connectivity index (χ4n) is 1.47. The average Bonchev–Trinajstić information content (AvgIpc) is 2.59. The maximum Gasteiger partial charge on any atom is 0.0798 e. The second-order valence-electron chi connectivity index (χ2n) is 5.76. The van der Waals surface area contributed by atoms with Gasteiger partial charge in [-0.25, -0.2) is 4.98 Å². The van der Waals surface area contributed by atoms with E-state index in [1.165, 1.54) is 4.88 Å². The van der Waals surface area contributed by atoms with Crippen LogP contribution in [0.3, 0.4) is 0 Å². The Kier molecular flexibility index (Phi) is 5.10. The lowest BCUT2D eigenvalue weighted by molar-refractivity contribution is 0.230. The third kappa shape index (κ3) is 5.15. The molecule has 0 fully saturated rings. The van der Waals surface area contributed by atoms with E-state index in [4.69, 9.17) is 0 Å². The van der Waals surface area contributed by atoms with Gasteiger partial charge in [-0.2, -0.15) is 0 Å². The zero-order valence-electron chi connectivity index (χ0n) is 11.9. The predicted octanol–water partition coefficient (Wildman–Crippen LogP) is 2.66. The van der Waals surface area contributed by atoms with Crippen LogP contribution in [0, 0.1) is 6.92 Å². The van der Waals surface area contributed by atoms with Gasteiger partial charge < -0.3 is 5.32 Å². The van der Waals surface area contributed by atoms with Crippen molar-refractivity contribution in [1.29, 1.82) is 0 Å². The Morgan fingerprint density at radius 2 is 2.12 bits per heavy atom. The molecular formula is C13H25N3S. The van der Waals surface area contributed by atoms with E-state index < -0.39 is 0 Å². The maximum absolute atomic E-state index is 4.29. The summed E-state index contributed by atoms with van der Waals surface area (Å²) < 4.78 is 0. The molecule has 1 aromatic heterocycles. The van der Waals surface area contributed by atoms with Crippen LogP contribution in [-0.2, 0) is 6.54 Å². The zero-order valence-corrected chi connectivity index (χ0v) is 12.7. The van der Waals surface area contributed by atoms with E-state index in [0.717, 1.165) is 18.8 Å². The highest BCUT2D eigenvalue weighted by Crippen LogP contribution is 2.15. The Balaban J connectivity index is 2.42. The Morgan fingerprint density at radius 3 is 2.59 bits per heavy atom. The van der Waals surface area contributed by atoms with Crippen LogP contribution < -0.4 is 5.32 Å². The van der Waals surface area contributed by atoms with E-state index in [1.807, 2.05) is 5.51 Å². The van der Waals surface area contributed by atoms with E-state index in [2.05, 4.69) is 56.9 Å². The van der Waals surface area contributed by atoms with Crippen molar-refractivity contribution in [1.82, 2.24) is 15.2 Å². The molecule has 1 heterocycles. The molecule has 4 heteroatoms. The first-order valence-electron chi connectivity index (χ1n) is 6.14. The normalized spacial score (nSPS) is 14.3. The monoisotopic (exact) mass is 255 g/mol. The van der Waals surface area contributed by atoms with Gasteiger partial charge in [0.15, 0.2) is 0 Å². The van der Waals surface area contributed by atoms with Gasteiger partial charge in [0.1, 0.15) is 0 Å². The highest BCUT2D eigenvalue weighted by atomic mass is 32.1. The fraction of sp³-hybridized carbons (Fsp3) is 0.769. The molecule has 1 aromatic rings. The number of hydrogen-bond donors (Lipinski definition) is 1. The molecule has 0 aliphatic heterocycles. The largest absolute Gasteiger partial charge is 0.311 e. The van der Waals surface area contributed by atoms with Gasteiger partial charge in [-0.15, -0.1) is 11.3 Å². The minimum atomic E-state index is 0.190. The number of nitrogens with zero attached hydrogens (tertiary/aromatic N) is 2. The third-order valence-corrected chi connectivity index (χ3v) is 3.84. The van der Waals surface area contributed by atoms with Gasteiger partial charge in [0.25, 0.3) is 0 Å². The number of thiazole rings is 1. The van der Waals surface area contributed by atoms with Gasteiger partial charge in [0.2, 0.25) is 0 Å². The number of rotatable bonds is 5. The second kappa shape index (κ2) is 5.94. The molecule has 0 aliphatic carbocycles. The van der Waals surface area contributed by atoms with E-state index in [-0.39, 0.29) is 5.54 Å². The van der Waals surface area contributed by atoms with E-state index in [1.54, 1.807) is 11.3 Å². The van der Waals surface area contributed by atoms with Crippen molar-refractivity contribution in [2.45, 2.75) is 52.7 Å². The smallest absolute Gasteiger partial charge is 0.0798 e. The van der Waals surface area contributed by atoms with E-state index >= 15 is 0 Å². The van der Waals surface area contributed by atoms with Gasteiger partial charge >= 0.3 is 0 Å². The molecule has 17 heavy (non-hydrogen) atoms. The molecule has 1 rings (SSSR count). The van der Waals surface area contributed by atoms with E-state index in [9.17, 15) is 0 Å². The lowest BCUT2D eigenvalue weighted by atomic mass is 10.1. The predicted molar refractivity (Wildman–Crippen MR) is 75.5 cm³/mol. The van der Waals surface area contributed by atoms with Crippen LogP contribution in [0.4, 0.5) is 0 Å². The number of hydrogen-bond acceptors (Lipinski definition) is 4. The first kappa shape index (κ1) is 14.6. The van der Waals surface area contributed by atoms with Crippen LogP contribution in [-0.4, -0.2) is 35.1 Å². The van der Waals surface area contributed by atoms with Crippen LogP contribution in [0.15, 0.2) is 5.51 Å². The molecule has 0 aromatic carbocycles. The molecule has 1 atom stereocenters. The first-order chi connectivity index (χ1) is 7.79. The van der Waals surface area contributed by atoms with Crippen molar-refractivity contribution in [3.8, 4) is 0 Å². The summed E-state index contributed by atoms with van der Waals surface area (Å²) in [7, 11) is 2.17. The van der Waals surface area contributed by atoms with Gasteiger partial charge in [-0.1, -0.05) is 0 Å². The summed E-state index contributed by atoms with van der Waals surface area (Å²) in [4.78, 5) is 8.04. The summed E-state index contributed by atoms with van der Waals surface area (Å²) in [6.45, 7) is 12.9. The quantitative estimate of drug-likeness (QED) is 0.877. The molecule has 0 bridgehead atoms. The second-order valence-corrected chi connectivity index (χ2v) is 6.70. The SMILES string of the molecule is Cc1ncsc1CN(C)C(C)CNC(C)(C)C. The van der Waals surface area contributed by atoms with Crippen molar-refractivity contribution < 1.29 is 0 Å². The molecule has 0 amide bonds. The number of aromatic nitrogens is 1. The van der Waals surface area contributed by atoms with Crippen LogP contribution in [0.1, 0.15) is 38.3 Å². The summed E-state index contributed by atoms with van der Waals surface area (Å²) in [5, 5.41) is 3.54. The molecule has 0 saturated carbocycles. The minimum Gasteiger partial charge on any atom is -0.311 e. The average molecular weight is 255 g/mol. The van der Waals surface area contributed by atoms with Crippen LogP contribution in [0.2, 0.25) is 0 Å². The number of aryl methyl sites for hydroxylation is 1.